The Morgan fingerprint density at radius 2 is 0.742 bits per heavy atom. The number of hydrogen-bond acceptors (Lipinski definition) is 3. The predicted octanol–water partition coefficient (Wildman–Crippen LogP) is 14.4. The summed E-state index contributed by atoms with van der Waals surface area (Å²) in [6, 6.07) is 36.7. The molecule has 0 unspecified atom stereocenters. The molecule has 7 aromatic carbocycles. The van der Waals surface area contributed by atoms with E-state index in [4.69, 9.17) is 0 Å². The summed E-state index contributed by atoms with van der Waals surface area (Å²) in [7, 11) is 0. The summed E-state index contributed by atoms with van der Waals surface area (Å²) < 4.78 is 78.2. The highest BCUT2D eigenvalue weighted by Gasteiger charge is 2.45. The molecule has 0 atom stereocenters. The molecule has 2 aliphatic rings. The molecule has 3 nitrogen and oxygen atoms in total. The zero-order valence-electron chi connectivity index (χ0n) is 46.3. The topological polar surface area (TPSA) is 9.72 Å². The number of rotatable bonds is 5. The van der Waals surface area contributed by atoms with Gasteiger partial charge in [-0.05, 0) is 133 Å². The second-order valence-corrected chi connectivity index (χ2v) is 20.9. The van der Waals surface area contributed by atoms with Gasteiger partial charge in [-0.3, -0.25) is 0 Å². The Hall–Kier alpha value is -6.00. The van der Waals surface area contributed by atoms with Crippen LogP contribution in [0, 0.1) is 0 Å². The highest BCUT2D eigenvalue weighted by molar-refractivity contribution is 7.00. The van der Waals surface area contributed by atoms with Gasteiger partial charge in [0.05, 0.1) is 16.7 Å². The summed E-state index contributed by atoms with van der Waals surface area (Å²) in [4.78, 5) is 6.19. The summed E-state index contributed by atoms with van der Waals surface area (Å²) in [6.45, 7) is 23.3. The van der Waals surface area contributed by atoms with Crippen LogP contribution in [0.4, 0.5) is 51.2 Å². The second-order valence-electron chi connectivity index (χ2n) is 20.9. The van der Waals surface area contributed by atoms with Crippen LogP contribution in [0.3, 0.4) is 0 Å². The van der Waals surface area contributed by atoms with Crippen molar-refractivity contribution in [3.05, 3.63) is 180 Å². The molecule has 0 saturated carbocycles. The minimum absolute atomic E-state index is 0.173. The van der Waals surface area contributed by atoms with Gasteiger partial charge in [0.25, 0.3) is 6.71 Å². The molecule has 7 aromatic rings. The molecule has 2 heterocycles. The van der Waals surface area contributed by atoms with Crippen LogP contribution < -0.4 is 31.1 Å². The average molecular weight is 820 g/mol. The van der Waals surface area contributed by atoms with Crippen molar-refractivity contribution < 1.29 is 11.0 Å². The molecule has 0 aromatic heterocycles. The van der Waals surface area contributed by atoms with Crippen LogP contribution in [0.15, 0.2) is 158 Å². The Bertz CT molecular complexity index is 3000. The van der Waals surface area contributed by atoms with Crippen LogP contribution in [0.25, 0.3) is 0 Å². The monoisotopic (exact) mass is 820 g/mol. The van der Waals surface area contributed by atoms with Gasteiger partial charge in [0.1, 0.15) is 0 Å². The lowest BCUT2D eigenvalue weighted by molar-refractivity contribution is 0.590. The predicted molar refractivity (Wildman–Crippen MR) is 270 cm³/mol. The van der Waals surface area contributed by atoms with E-state index in [-0.39, 0.29) is 48.3 Å². The Balaban J connectivity index is 1.53. The lowest BCUT2D eigenvalue weighted by atomic mass is 9.33. The molecule has 0 aliphatic carbocycles. The van der Waals surface area contributed by atoms with Crippen molar-refractivity contribution in [2.45, 2.75) is 105 Å². The first kappa shape index (κ1) is 32.7. The summed E-state index contributed by atoms with van der Waals surface area (Å²) in [5, 5.41) is 0. The fourth-order valence-corrected chi connectivity index (χ4v) is 8.65. The van der Waals surface area contributed by atoms with E-state index in [1.54, 1.807) is 24.3 Å². The summed E-state index contributed by atoms with van der Waals surface area (Å²) in [5.74, 6) is 0. The van der Waals surface area contributed by atoms with E-state index >= 15 is 0 Å². The minimum atomic E-state index is -0.763. The third kappa shape index (κ3) is 7.32. The molecule has 62 heavy (non-hydrogen) atoms. The van der Waals surface area contributed by atoms with Crippen molar-refractivity contribution in [3.63, 3.8) is 0 Å². The molecule has 4 heteroatoms. The summed E-state index contributed by atoms with van der Waals surface area (Å²) >= 11 is 0. The Kier molecular flexibility index (Phi) is 7.82. The van der Waals surface area contributed by atoms with E-state index in [1.165, 1.54) is 0 Å². The van der Waals surface area contributed by atoms with Gasteiger partial charge in [0, 0.05) is 45.5 Å². The molecule has 0 radical (unpaired) electrons. The fourth-order valence-electron chi connectivity index (χ4n) is 8.65. The number of benzene rings is 7. The van der Waals surface area contributed by atoms with E-state index in [0.29, 0.717) is 67.3 Å². The Morgan fingerprint density at radius 1 is 0.403 bits per heavy atom. The number of fused-ring (bicyclic) bond motifs is 4. The third-order valence-corrected chi connectivity index (χ3v) is 12.0. The van der Waals surface area contributed by atoms with Crippen LogP contribution in [-0.2, 0) is 21.7 Å². The van der Waals surface area contributed by atoms with Crippen LogP contribution >= 0.6 is 0 Å². The van der Waals surface area contributed by atoms with Crippen molar-refractivity contribution in [2.24, 2.45) is 0 Å². The SMILES string of the molecule is [2H]c1cc(N2c3cc(N(c4ccccc4)c4ccccc4)cc4c3B(c3c2cc([2H])c(C(C)(C)C)c3[2H])c2c(cc([2H])c(C(C)(C)C)c2[2H])N4c2cc([2H])c(C(C)(C)C)c([2H])c2)cc([2H])c1C(C)(C)C. The second kappa shape index (κ2) is 14.8. The van der Waals surface area contributed by atoms with Crippen molar-refractivity contribution >= 4 is 74.3 Å². The number of anilines is 9. The third-order valence-electron chi connectivity index (χ3n) is 12.0. The molecule has 0 spiro atoms. The van der Waals surface area contributed by atoms with Crippen LogP contribution in [-0.4, -0.2) is 6.71 Å². The van der Waals surface area contributed by atoms with E-state index in [9.17, 15) is 11.0 Å². The average Bonchev–Trinajstić information content (AvgIpc) is 3.21. The molecule has 9 rings (SSSR count). The lowest BCUT2D eigenvalue weighted by Crippen LogP contribution is -2.61. The van der Waals surface area contributed by atoms with Gasteiger partial charge in [-0.2, -0.15) is 0 Å². The first-order valence-corrected chi connectivity index (χ1v) is 21.8. The van der Waals surface area contributed by atoms with Gasteiger partial charge in [0.2, 0.25) is 0 Å². The largest absolute Gasteiger partial charge is 0.311 e. The Labute approximate surface area is 383 Å². The molecular weight excluding hydrogens is 749 g/mol. The molecule has 0 saturated heterocycles. The standard InChI is InChI=1S/C58H62BN3/c1-55(2,3)39-23-29-45(30-24-39)61-50-33-27-41(57(7,8)9)35-48(50)59-49-36-42(58(10,11)12)28-34-51(49)62(46-31-25-40(26-32-46)56(4,5)6)53-38-47(37-52(61)54(53)59)60(43-19-15-13-16-20-43)44-21-17-14-18-22-44/h13-38H,1-12H3/i23D,24D,25D,26D,27D,28D,35D,36D. The summed E-state index contributed by atoms with van der Waals surface area (Å²) in [6.07, 6.45) is 0. The van der Waals surface area contributed by atoms with Gasteiger partial charge in [-0.15, -0.1) is 0 Å². The maximum Gasteiger partial charge on any atom is 0.252 e. The fraction of sp³-hybridized carbons (Fsp3) is 0.276. The van der Waals surface area contributed by atoms with Crippen LogP contribution in [0.5, 0.6) is 0 Å². The normalized spacial score (nSPS) is 15.5. The molecule has 0 N–H and O–H groups in total. The lowest BCUT2D eigenvalue weighted by Gasteiger charge is -2.45. The van der Waals surface area contributed by atoms with E-state index in [0.717, 1.165) is 22.5 Å². The summed E-state index contributed by atoms with van der Waals surface area (Å²) in [5.41, 5.74) is 7.92. The highest BCUT2D eigenvalue weighted by Crippen LogP contribution is 2.49. The van der Waals surface area contributed by atoms with Crippen molar-refractivity contribution in [1.82, 2.24) is 0 Å². The Morgan fingerprint density at radius 3 is 1.08 bits per heavy atom. The molecule has 312 valence electrons. The van der Waals surface area contributed by atoms with Crippen LogP contribution in [0.1, 0.15) is 116 Å². The van der Waals surface area contributed by atoms with Gasteiger partial charge in [-0.1, -0.05) is 168 Å². The molecule has 0 amide bonds. The maximum absolute atomic E-state index is 10.4. The molecule has 0 fully saturated rings. The van der Waals surface area contributed by atoms with E-state index < -0.39 is 28.4 Å². The first-order valence-electron chi connectivity index (χ1n) is 25.8. The van der Waals surface area contributed by atoms with E-state index in [2.05, 4.69) is 17.0 Å². The number of para-hydroxylation sites is 2. The molecular formula is C58H62BN3. The molecule has 0 bridgehead atoms. The van der Waals surface area contributed by atoms with Crippen molar-refractivity contribution in [3.8, 4) is 0 Å². The van der Waals surface area contributed by atoms with Gasteiger partial charge >= 0.3 is 0 Å². The zero-order chi connectivity index (χ0) is 50.9. The van der Waals surface area contributed by atoms with Gasteiger partial charge in [-0.25, -0.2) is 0 Å². The van der Waals surface area contributed by atoms with Gasteiger partial charge in [0.15, 0.2) is 0 Å². The first-order chi connectivity index (χ1) is 32.6. The van der Waals surface area contributed by atoms with Crippen molar-refractivity contribution in [1.29, 1.82) is 0 Å². The van der Waals surface area contributed by atoms with Crippen molar-refractivity contribution in [2.75, 3.05) is 14.7 Å². The zero-order valence-corrected chi connectivity index (χ0v) is 38.3. The quantitative estimate of drug-likeness (QED) is 0.160. The smallest absolute Gasteiger partial charge is 0.252 e. The number of nitrogens with zero attached hydrogens (tertiary/aromatic N) is 3. The molecule has 2 aliphatic heterocycles. The van der Waals surface area contributed by atoms with Crippen LogP contribution in [0.2, 0.25) is 0 Å². The van der Waals surface area contributed by atoms with Gasteiger partial charge < -0.3 is 14.7 Å². The minimum Gasteiger partial charge on any atom is -0.311 e. The van der Waals surface area contributed by atoms with E-state index in [1.807, 2.05) is 166 Å². The maximum atomic E-state index is 10.4. The number of hydrogen-bond donors (Lipinski definition) is 0. The highest BCUT2D eigenvalue weighted by atomic mass is 15.2.